The van der Waals surface area contributed by atoms with Gasteiger partial charge in [0.25, 0.3) is 0 Å². The Hall–Kier alpha value is -2.67. The predicted octanol–water partition coefficient (Wildman–Crippen LogP) is 3.42. The Morgan fingerprint density at radius 1 is 1.10 bits per heavy atom. The van der Waals surface area contributed by atoms with Gasteiger partial charge >= 0.3 is 5.97 Å². The maximum atomic E-state index is 13.3. The third-order valence-corrected chi connectivity index (χ3v) is 4.71. The monoisotopic (exact) mass is 432 g/mol. The molecule has 172 valence electrons. The third kappa shape index (κ3) is 9.34. The molecule has 0 aliphatic carbocycles. The zero-order chi connectivity index (χ0) is 23.6. The number of hydroxylamine groups is 1. The van der Waals surface area contributed by atoms with Gasteiger partial charge in [0.2, 0.25) is 11.8 Å². The molecule has 0 aliphatic heterocycles. The summed E-state index contributed by atoms with van der Waals surface area (Å²) in [5.74, 6) is -3.07. The number of nitrogens with one attached hydrogen (secondary N) is 2. The molecule has 0 bridgehead atoms. The smallest absolute Gasteiger partial charge is 0.329 e. The van der Waals surface area contributed by atoms with Crippen LogP contribution in [0.15, 0.2) is 43.0 Å². The van der Waals surface area contributed by atoms with E-state index in [2.05, 4.69) is 11.9 Å². The molecule has 0 saturated heterocycles. The number of amides is 2. The molecule has 0 aliphatic rings. The standard InChI is InChI=1S/C24H36N2O5/c1-7-11-18(22(28)26-30)19(14-16(2)3)21(27)25-20(23(29)31-24(4,5)6)15-17-12-9-8-10-13-17/h7-10,12-13,16,18-20,30H,1,11,14-15H2,2-6H3,(H,25,27)(H,26,28). The molecule has 7 nitrogen and oxygen atoms in total. The van der Waals surface area contributed by atoms with Gasteiger partial charge < -0.3 is 10.1 Å². The van der Waals surface area contributed by atoms with Crippen LogP contribution >= 0.6 is 0 Å². The van der Waals surface area contributed by atoms with Gasteiger partial charge in [0.05, 0.1) is 11.8 Å². The van der Waals surface area contributed by atoms with Crippen LogP contribution < -0.4 is 10.8 Å². The molecule has 0 radical (unpaired) electrons. The van der Waals surface area contributed by atoms with Crippen LogP contribution in [0.1, 0.15) is 53.0 Å². The van der Waals surface area contributed by atoms with Gasteiger partial charge in [-0.25, -0.2) is 10.3 Å². The molecule has 1 aromatic carbocycles. The fraction of sp³-hybridized carbons (Fsp3) is 0.542. The summed E-state index contributed by atoms with van der Waals surface area (Å²) in [5.41, 5.74) is 1.81. The van der Waals surface area contributed by atoms with Crippen molar-refractivity contribution in [3.63, 3.8) is 0 Å². The average Bonchev–Trinajstić information content (AvgIpc) is 2.68. The zero-order valence-electron chi connectivity index (χ0n) is 19.2. The Morgan fingerprint density at radius 3 is 2.19 bits per heavy atom. The second kappa shape index (κ2) is 12.2. The number of esters is 1. The summed E-state index contributed by atoms with van der Waals surface area (Å²) in [7, 11) is 0. The lowest BCUT2D eigenvalue weighted by molar-refractivity contribution is -0.159. The van der Waals surface area contributed by atoms with Crippen molar-refractivity contribution in [1.82, 2.24) is 10.8 Å². The van der Waals surface area contributed by atoms with Crippen LogP contribution in [0.5, 0.6) is 0 Å². The van der Waals surface area contributed by atoms with E-state index in [1.54, 1.807) is 26.3 Å². The Morgan fingerprint density at radius 2 is 1.71 bits per heavy atom. The maximum absolute atomic E-state index is 13.3. The van der Waals surface area contributed by atoms with Gasteiger partial charge in [-0.15, -0.1) is 6.58 Å². The van der Waals surface area contributed by atoms with E-state index in [-0.39, 0.29) is 18.8 Å². The molecule has 0 fully saturated rings. The number of rotatable bonds is 11. The highest BCUT2D eigenvalue weighted by Gasteiger charge is 2.36. The first-order valence-electron chi connectivity index (χ1n) is 10.6. The number of benzene rings is 1. The highest BCUT2D eigenvalue weighted by atomic mass is 16.6. The third-order valence-electron chi connectivity index (χ3n) is 4.71. The van der Waals surface area contributed by atoms with Crippen LogP contribution in [-0.4, -0.2) is 34.6 Å². The summed E-state index contributed by atoms with van der Waals surface area (Å²) in [6.45, 7) is 12.8. The summed E-state index contributed by atoms with van der Waals surface area (Å²) < 4.78 is 5.52. The van der Waals surface area contributed by atoms with Crippen LogP contribution in [0.25, 0.3) is 0 Å². The Bertz CT molecular complexity index is 740. The number of ether oxygens (including phenoxy) is 1. The molecule has 1 rings (SSSR count). The first kappa shape index (κ1) is 26.4. The predicted molar refractivity (Wildman–Crippen MR) is 119 cm³/mol. The number of hydrogen-bond acceptors (Lipinski definition) is 5. The van der Waals surface area contributed by atoms with E-state index in [4.69, 9.17) is 9.94 Å². The van der Waals surface area contributed by atoms with Crippen LogP contribution in [-0.2, 0) is 25.5 Å². The molecule has 0 spiro atoms. The lowest BCUT2D eigenvalue weighted by Crippen LogP contribution is -2.50. The largest absolute Gasteiger partial charge is 0.458 e. The highest BCUT2D eigenvalue weighted by molar-refractivity contribution is 5.90. The second-order valence-electron chi connectivity index (χ2n) is 9.13. The number of carbonyl (C=O) groups is 3. The minimum atomic E-state index is -0.912. The molecule has 1 aromatic rings. The van der Waals surface area contributed by atoms with E-state index in [0.717, 1.165) is 5.56 Å². The van der Waals surface area contributed by atoms with Gasteiger partial charge in [-0.1, -0.05) is 50.3 Å². The van der Waals surface area contributed by atoms with Gasteiger partial charge in [0.1, 0.15) is 11.6 Å². The lowest BCUT2D eigenvalue weighted by atomic mass is 9.82. The van der Waals surface area contributed by atoms with E-state index in [9.17, 15) is 14.4 Å². The van der Waals surface area contributed by atoms with Crippen LogP contribution in [0.3, 0.4) is 0 Å². The number of allylic oxidation sites excluding steroid dienone is 1. The Labute approximate surface area is 185 Å². The normalized spacial score (nSPS) is 14.3. The van der Waals surface area contributed by atoms with Crippen molar-refractivity contribution in [2.75, 3.05) is 0 Å². The molecule has 0 aromatic heterocycles. The molecule has 2 amide bonds. The molecule has 3 atom stereocenters. The summed E-state index contributed by atoms with van der Waals surface area (Å²) >= 11 is 0. The zero-order valence-corrected chi connectivity index (χ0v) is 19.2. The van der Waals surface area contributed by atoms with Gasteiger partial charge in [-0.3, -0.25) is 14.8 Å². The molecular formula is C24H36N2O5. The molecule has 3 N–H and O–H groups in total. The molecule has 31 heavy (non-hydrogen) atoms. The molecular weight excluding hydrogens is 396 g/mol. The molecule has 7 heteroatoms. The number of carbonyl (C=O) groups excluding carboxylic acids is 3. The molecule has 0 saturated carbocycles. The topological polar surface area (TPSA) is 105 Å². The number of hydrogen-bond donors (Lipinski definition) is 3. The Balaban J connectivity index is 3.18. The average molecular weight is 433 g/mol. The quantitative estimate of drug-likeness (QED) is 0.215. The fourth-order valence-electron chi connectivity index (χ4n) is 3.37. The van der Waals surface area contributed by atoms with E-state index in [1.807, 2.05) is 44.2 Å². The van der Waals surface area contributed by atoms with Crippen molar-refractivity contribution < 1.29 is 24.3 Å². The minimum absolute atomic E-state index is 0.114. The van der Waals surface area contributed by atoms with Crippen molar-refractivity contribution in [3.05, 3.63) is 48.6 Å². The SMILES string of the molecule is C=CCC(C(=O)NO)C(CC(C)C)C(=O)NC(Cc1ccccc1)C(=O)OC(C)(C)C. The van der Waals surface area contributed by atoms with E-state index in [0.29, 0.717) is 6.42 Å². The maximum Gasteiger partial charge on any atom is 0.329 e. The van der Waals surface area contributed by atoms with E-state index < -0.39 is 41.3 Å². The second-order valence-corrected chi connectivity index (χ2v) is 9.13. The van der Waals surface area contributed by atoms with E-state index >= 15 is 0 Å². The fourth-order valence-corrected chi connectivity index (χ4v) is 3.37. The van der Waals surface area contributed by atoms with Gasteiger partial charge in [-0.2, -0.15) is 0 Å². The summed E-state index contributed by atoms with van der Waals surface area (Å²) in [6, 6.07) is 8.42. The first-order chi connectivity index (χ1) is 14.5. The van der Waals surface area contributed by atoms with Gasteiger partial charge in [0.15, 0.2) is 0 Å². The summed E-state index contributed by atoms with van der Waals surface area (Å²) in [4.78, 5) is 38.4. The van der Waals surface area contributed by atoms with Crippen molar-refractivity contribution in [2.24, 2.45) is 17.8 Å². The van der Waals surface area contributed by atoms with Crippen molar-refractivity contribution >= 4 is 17.8 Å². The lowest BCUT2D eigenvalue weighted by Gasteiger charge is -2.29. The van der Waals surface area contributed by atoms with Gasteiger partial charge in [0, 0.05) is 6.42 Å². The van der Waals surface area contributed by atoms with Crippen molar-refractivity contribution in [2.45, 2.75) is 65.5 Å². The molecule has 0 heterocycles. The van der Waals surface area contributed by atoms with E-state index in [1.165, 1.54) is 6.08 Å². The minimum Gasteiger partial charge on any atom is -0.458 e. The van der Waals surface area contributed by atoms with Crippen LogP contribution in [0.4, 0.5) is 0 Å². The summed E-state index contributed by atoms with van der Waals surface area (Å²) in [5, 5.41) is 12.0. The van der Waals surface area contributed by atoms with Crippen molar-refractivity contribution in [3.8, 4) is 0 Å². The van der Waals surface area contributed by atoms with Crippen LogP contribution in [0.2, 0.25) is 0 Å². The van der Waals surface area contributed by atoms with Crippen molar-refractivity contribution in [1.29, 1.82) is 0 Å². The molecule has 3 unspecified atom stereocenters. The first-order valence-corrected chi connectivity index (χ1v) is 10.6. The highest BCUT2D eigenvalue weighted by Crippen LogP contribution is 2.25. The summed E-state index contributed by atoms with van der Waals surface area (Å²) in [6.07, 6.45) is 2.42. The Kier molecular flexibility index (Phi) is 10.4. The van der Waals surface area contributed by atoms with Crippen LogP contribution in [0, 0.1) is 17.8 Å². The van der Waals surface area contributed by atoms with Gasteiger partial charge in [-0.05, 0) is 45.1 Å².